The van der Waals surface area contributed by atoms with Crippen LogP contribution in [0, 0.1) is 6.92 Å². The molecule has 5 heteroatoms. The monoisotopic (exact) mass is 250 g/mol. The second-order valence-electron chi connectivity index (χ2n) is 5.23. The minimum absolute atomic E-state index is 0.0305. The molecule has 1 aromatic heterocycles. The summed E-state index contributed by atoms with van der Waals surface area (Å²) in [7, 11) is 3.68. The van der Waals surface area contributed by atoms with Gasteiger partial charge in [0.25, 0.3) is 5.91 Å². The molecule has 2 atom stereocenters. The molecule has 0 spiro atoms. The van der Waals surface area contributed by atoms with Gasteiger partial charge in [-0.05, 0) is 19.8 Å². The summed E-state index contributed by atoms with van der Waals surface area (Å²) in [6.07, 6.45) is 6.12. The van der Waals surface area contributed by atoms with Crippen molar-refractivity contribution < 1.29 is 4.79 Å². The van der Waals surface area contributed by atoms with Gasteiger partial charge in [0, 0.05) is 32.4 Å². The number of likely N-dealkylation sites (N-methyl/N-ethyl adjacent to an activating group) is 1. The highest BCUT2D eigenvalue weighted by Gasteiger charge is 2.29. The van der Waals surface area contributed by atoms with Gasteiger partial charge in [-0.2, -0.15) is 5.10 Å². The van der Waals surface area contributed by atoms with Crippen LogP contribution in [0.5, 0.6) is 0 Å². The third-order valence-electron chi connectivity index (χ3n) is 3.84. The Labute approximate surface area is 108 Å². The van der Waals surface area contributed by atoms with Crippen molar-refractivity contribution in [2.45, 2.75) is 44.7 Å². The molecule has 0 aromatic carbocycles. The number of amides is 1. The van der Waals surface area contributed by atoms with Crippen LogP contribution in [0.1, 0.15) is 41.7 Å². The molecule has 2 rings (SSSR count). The van der Waals surface area contributed by atoms with Gasteiger partial charge in [0.2, 0.25) is 0 Å². The Balaban J connectivity index is 2.15. The summed E-state index contributed by atoms with van der Waals surface area (Å²) in [5, 5.41) is 4.22. The smallest absolute Gasteiger partial charge is 0.257 e. The quantitative estimate of drug-likeness (QED) is 0.854. The SMILES string of the molecule is Cc1nn(C)cc1C(=O)N(C)C1CCCCC1N. The van der Waals surface area contributed by atoms with Gasteiger partial charge in [-0.3, -0.25) is 9.48 Å². The van der Waals surface area contributed by atoms with Gasteiger partial charge in [-0.15, -0.1) is 0 Å². The van der Waals surface area contributed by atoms with Crippen LogP contribution in [0.4, 0.5) is 0 Å². The zero-order chi connectivity index (χ0) is 13.3. The summed E-state index contributed by atoms with van der Waals surface area (Å²) in [5.74, 6) is 0.0305. The molecule has 2 N–H and O–H groups in total. The first-order chi connectivity index (χ1) is 8.50. The minimum atomic E-state index is 0.0305. The number of rotatable bonds is 2. The van der Waals surface area contributed by atoms with Crippen LogP contribution >= 0.6 is 0 Å². The van der Waals surface area contributed by atoms with E-state index < -0.39 is 0 Å². The highest BCUT2D eigenvalue weighted by atomic mass is 16.2. The highest BCUT2D eigenvalue weighted by molar-refractivity contribution is 5.95. The molecule has 1 aliphatic carbocycles. The number of hydrogen-bond donors (Lipinski definition) is 1. The standard InChI is InChI=1S/C13H22N4O/c1-9-10(8-16(2)15-9)13(18)17(3)12-7-5-4-6-11(12)14/h8,11-12H,4-7,14H2,1-3H3. The van der Waals surface area contributed by atoms with E-state index in [1.165, 1.54) is 6.42 Å². The molecule has 1 aliphatic rings. The van der Waals surface area contributed by atoms with Crippen LogP contribution in [0.2, 0.25) is 0 Å². The molecular weight excluding hydrogens is 228 g/mol. The van der Waals surface area contributed by atoms with Crippen molar-refractivity contribution in [3.63, 3.8) is 0 Å². The molecule has 1 heterocycles. The molecule has 1 fully saturated rings. The second kappa shape index (κ2) is 5.10. The lowest BCUT2D eigenvalue weighted by Gasteiger charge is -2.35. The number of carbonyl (C=O) groups excluding carboxylic acids is 1. The van der Waals surface area contributed by atoms with Crippen LogP contribution in [0.3, 0.4) is 0 Å². The Kier molecular flexibility index (Phi) is 3.71. The van der Waals surface area contributed by atoms with Crippen molar-refractivity contribution >= 4 is 5.91 Å². The van der Waals surface area contributed by atoms with E-state index in [2.05, 4.69) is 5.10 Å². The molecular formula is C13H22N4O. The first-order valence-electron chi connectivity index (χ1n) is 6.53. The third-order valence-corrected chi connectivity index (χ3v) is 3.84. The van der Waals surface area contributed by atoms with Crippen LogP contribution in [-0.4, -0.2) is 39.7 Å². The Hall–Kier alpha value is -1.36. The molecule has 0 aliphatic heterocycles. The van der Waals surface area contributed by atoms with Gasteiger partial charge in [-0.1, -0.05) is 12.8 Å². The molecule has 1 amide bonds. The van der Waals surface area contributed by atoms with E-state index >= 15 is 0 Å². The van der Waals surface area contributed by atoms with E-state index in [1.54, 1.807) is 15.8 Å². The summed E-state index contributed by atoms with van der Waals surface area (Å²) < 4.78 is 1.68. The molecule has 0 saturated heterocycles. The average Bonchev–Trinajstić information content (AvgIpc) is 2.67. The predicted molar refractivity (Wildman–Crippen MR) is 70.3 cm³/mol. The molecule has 5 nitrogen and oxygen atoms in total. The maximum atomic E-state index is 12.4. The molecule has 0 radical (unpaired) electrons. The Morgan fingerprint density at radius 1 is 1.50 bits per heavy atom. The van der Waals surface area contributed by atoms with Crippen molar-refractivity contribution in [3.8, 4) is 0 Å². The number of aromatic nitrogens is 2. The van der Waals surface area contributed by atoms with Gasteiger partial charge >= 0.3 is 0 Å². The van der Waals surface area contributed by atoms with Gasteiger partial charge < -0.3 is 10.6 Å². The van der Waals surface area contributed by atoms with Crippen LogP contribution in [0.25, 0.3) is 0 Å². The topological polar surface area (TPSA) is 64.2 Å². The number of carbonyl (C=O) groups is 1. The normalized spacial score (nSPS) is 24.0. The van der Waals surface area contributed by atoms with Crippen molar-refractivity contribution in [2.75, 3.05) is 7.05 Å². The predicted octanol–water partition coefficient (Wildman–Crippen LogP) is 1.07. The van der Waals surface area contributed by atoms with Crippen molar-refractivity contribution in [2.24, 2.45) is 12.8 Å². The zero-order valence-electron chi connectivity index (χ0n) is 11.4. The summed E-state index contributed by atoms with van der Waals surface area (Å²) >= 11 is 0. The van der Waals surface area contributed by atoms with Crippen molar-refractivity contribution in [1.82, 2.24) is 14.7 Å². The van der Waals surface area contributed by atoms with E-state index in [0.29, 0.717) is 5.56 Å². The molecule has 1 aromatic rings. The fraction of sp³-hybridized carbons (Fsp3) is 0.692. The molecule has 100 valence electrons. The number of aryl methyl sites for hydroxylation is 2. The average molecular weight is 250 g/mol. The summed E-state index contributed by atoms with van der Waals surface area (Å²) in [4.78, 5) is 14.2. The van der Waals surface area contributed by atoms with E-state index in [0.717, 1.165) is 25.0 Å². The van der Waals surface area contributed by atoms with Gasteiger partial charge in [0.05, 0.1) is 11.3 Å². The van der Waals surface area contributed by atoms with Gasteiger partial charge in [0.15, 0.2) is 0 Å². The van der Waals surface area contributed by atoms with Crippen LogP contribution in [-0.2, 0) is 7.05 Å². The third kappa shape index (κ3) is 2.41. The number of nitrogens with zero attached hydrogens (tertiary/aromatic N) is 3. The summed E-state index contributed by atoms with van der Waals surface area (Å²) in [6, 6.07) is 0.260. The van der Waals surface area contributed by atoms with Gasteiger partial charge in [0.1, 0.15) is 0 Å². The van der Waals surface area contributed by atoms with E-state index in [9.17, 15) is 4.79 Å². The zero-order valence-corrected chi connectivity index (χ0v) is 11.4. The highest BCUT2D eigenvalue weighted by Crippen LogP contribution is 2.22. The molecule has 0 bridgehead atoms. The second-order valence-corrected chi connectivity index (χ2v) is 5.23. The number of nitrogens with two attached hydrogens (primary N) is 1. The van der Waals surface area contributed by atoms with Crippen molar-refractivity contribution in [3.05, 3.63) is 17.5 Å². The largest absolute Gasteiger partial charge is 0.337 e. The summed E-state index contributed by atoms with van der Waals surface area (Å²) in [6.45, 7) is 1.86. The Bertz CT molecular complexity index is 440. The Morgan fingerprint density at radius 3 is 2.72 bits per heavy atom. The van der Waals surface area contributed by atoms with Crippen molar-refractivity contribution in [1.29, 1.82) is 0 Å². The maximum absolute atomic E-state index is 12.4. The first kappa shape index (κ1) is 13.1. The lowest BCUT2D eigenvalue weighted by atomic mass is 9.90. The molecule has 1 saturated carbocycles. The lowest BCUT2D eigenvalue weighted by molar-refractivity contribution is 0.0671. The van der Waals surface area contributed by atoms with E-state index in [1.807, 2.05) is 21.0 Å². The molecule has 18 heavy (non-hydrogen) atoms. The molecule has 2 unspecified atom stereocenters. The Morgan fingerprint density at radius 2 is 2.17 bits per heavy atom. The lowest BCUT2D eigenvalue weighted by Crippen LogP contribution is -2.50. The van der Waals surface area contributed by atoms with Crippen LogP contribution < -0.4 is 5.73 Å². The fourth-order valence-electron chi connectivity index (χ4n) is 2.77. The summed E-state index contributed by atoms with van der Waals surface area (Å²) in [5.41, 5.74) is 7.58. The van der Waals surface area contributed by atoms with E-state index in [4.69, 9.17) is 5.73 Å². The minimum Gasteiger partial charge on any atom is -0.337 e. The number of hydrogen-bond acceptors (Lipinski definition) is 3. The maximum Gasteiger partial charge on any atom is 0.257 e. The fourth-order valence-corrected chi connectivity index (χ4v) is 2.77. The van der Waals surface area contributed by atoms with Gasteiger partial charge in [-0.25, -0.2) is 0 Å². The first-order valence-corrected chi connectivity index (χ1v) is 6.53. The van der Waals surface area contributed by atoms with E-state index in [-0.39, 0.29) is 18.0 Å². The van der Waals surface area contributed by atoms with Crippen LogP contribution in [0.15, 0.2) is 6.20 Å².